The second kappa shape index (κ2) is 7.35. The first-order valence-corrected chi connectivity index (χ1v) is 7.52. The van der Waals surface area contributed by atoms with Crippen molar-refractivity contribution in [3.8, 4) is 0 Å². The van der Waals surface area contributed by atoms with Gasteiger partial charge in [0.2, 0.25) is 0 Å². The molecule has 1 aromatic rings. The monoisotopic (exact) mass is 331 g/mol. The number of nitrogens with one attached hydrogen (secondary N) is 1. The van der Waals surface area contributed by atoms with Crippen LogP contribution in [0.15, 0.2) is 17.1 Å². The van der Waals surface area contributed by atoms with E-state index in [0.717, 1.165) is 24.3 Å². The smallest absolute Gasteiger partial charge is 0.351 e. The third-order valence-electron chi connectivity index (χ3n) is 3.76. The largest absolute Gasteiger partial charge is 0.394 e. The molecule has 1 aliphatic heterocycles. The maximum Gasteiger partial charge on any atom is 0.351 e. The first-order valence-electron chi connectivity index (χ1n) is 7.52. The summed E-state index contributed by atoms with van der Waals surface area (Å²) in [5.74, 6) is 0.195. The Hall–Kier alpha value is -1.55. The standard InChI is InChI=1S/C14H22FN3O5/c1-3-4-7-22-17-10-5-6-18(13(21)16-10)12-14(2,15)11(20)9(8-19)23-12/h5-6,9,11-12,19-20H,3-4,7-8H2,1-2H3,(H,16,17,21)/t9-,11?,12-,14-/m1/s1. The van der Waals surface area contributed by atoms with E-state index < -0.39 is 36.4 Å². The Kier molecular flexibility index (Phi) is 5.69. The zero-order chi connectivity index (χ0) is 17.0. The summed E-state index contributed by atoms with van der Waals surface area (Å²) >= 11 is 0. The summed E-state index contributed by atoms with van der Waals surface area (Å²) < 4.78 is 20.8. The predicted molar refractivity (Wildman–Crippen MR) is 79.5 cm³/mol. The van der Waals surface area contributed by atoms with E-state index in [0.29, 0.717) is 6.61 Å². The fraction of sp³-hybridized carbons (Fsp3) is 0.714. The number of hydrogen-bond donors (Lipinski definition) is 3. The average Bonchev–Trinajstić information content (AvgIpc) is 2.75. The number of rotatable bonds is 7. The summed E-state index contributed by atoms with van der Waals surface area (Å²) in [5, 5.41) is 18.9. The van der Waals surface area contributed by atoms with E-state index in [1.165, 1.54) is 12.3 Å². The highest BCUT2D eigenvalue weighted by Gasteiger charge is 2.55. The molecule has 1 aliphatic rings. The minimum atomic E-state index is -2.23. The third kappa shape index (κ3) is 3.69. The summed E-state index contributed by atoms with van der Waals surface area (Å²) in [6.07, 6.45) is -0.878. The molecule has 8 nitrogen and oxygen atoms in total. The first-order chi connectivity index (χ1) is 10.9. The molecule has 3 N–H and O–H groups in total. The van der Waals surface area contributed by atoms with Crippen molar-refractivity contribution in [1.29, 1.82) is 0 Å². The lowest BCUT2D eigenvalue weighted by molar-refractivity contribution is -0.0610. The van der Waals surface area contributed by atoms with Crippen molar-refractivity contribution < 1.29 is 24.2 Å². The molecule has 0 aliphatic carbocycles. The molecule has 23 heavy (non-hydrogen) atoms. The number of anilines is 1. The summed E-state index contributed by atoms with van der Waals surface area (Å²) in [7, 11) is 0. The SMILES string of the molecule is CCCCONc1ccn([C@@H]2O[C@H](CO)C(O)[C@@]2(C)F)c(=O)n1. The molecular weight excluding hydrogens is 309 g/mol. The van der Waals surface area contributed by atoms with Crippen LogP contribution in [0, 0.1) is 0 Å². The van der Waals surface area contributed by atoms with Gasteiger partial charge in [-0.3, -0.25) is 9.40 Å². The Morgan fingerprint density at radius 3 is 2.91 bits per heavy atom. The molecule has 4 atom stereocenters. The van der Waals surface area contributed by atoms with Crippen molar-refractivity contribution in [2.45, 2.75) is 50.8 Å². The zero-order valence-electron chi connectivity index (χ0n) is 13.1. The van der Waals surface area contributed by atoms with E-state index in [4.69, 9.17) is 14.7 Å². The molecule has 1 unspecified atom stereocenters. The molecule has 0 aromatic carbocycles. The van der Waals surface area contributed by atoms with Crippen LogP contribution in [0.1, 0.15) is 32.9 Å². The molecule has 0 radical (unpaired) electrons. The molecule has 2 heterocycles. The molecule has 0 saturated carbocycles. The summed E-state index contributed by atoms with van der Waals surface area (Å²) in [6, 6.07) is 1.44. The highest BCUT2D eigenvalue weighted by molar-refractivity contribution is 5.28. The lowest BCUT2D eigenvalue weighted by atomic mass is 9.98. The van der Waals surface area contributed by atoms with Crippen LogP contribution in [-0.2, 0) is 9.57 Å². The Morgan fingerprint density at radius 1 is 1.61 bits per heavy atom. The Balaban J connectivity index is 2.13. The molecule has 9 heteroatoms. The van der Waals surface area contributed by atoms with Gasteiger partial charge in [-0.2, -0.15) is 4.98 Å². The Labute approximate surface area is 132 Å². The van der Waals surface area contributed by atoms with Gasteiger partial charge in [0.05, 0.1) is 13.2 Å². The Bertz CT molecular complexity index is 580. The van der Waals surface area contributed by atoms with Crippen LogP contribution < -0.4 is 11.2 Å². The molecular formula is C14H22FN3O5. The maximum absolute atomic E-state index is 14.6. The minimum Gasteiger partial charge on any atom is -0.394 e. The summed E-state index contributed by atoms with van der Waals surface area (Å²) in [5.41, 5.74) is -0.447. The van der Waals surface area contributed by atoms with E-state index >= 15 is 0 Å². The van der Waals surface area contributed by atoms with Crippen molar-refractivity contribution in [1.82, 2.24) is 9.55 Å². The summed E-state index contributed by atoms with van der Waals surface area (Å²) in [6.45, 7) is 3.06. The van der Waals surface area contributed by atoms with Crippen molar-refractivity contribution in [2.24, 2.45) is 0 Å². The Morgan fingerprint density at radius 2 is 2.35 bits per heavy atom. The van der Waals surface area contributed by atoms with Gasteiger partial charge in [-0.25, -0.2) is 14.7 Å². The number of ether oxygens (including phenoxy) is 1. The van der Waals surface area contributed by atoms with Crippen LogP contribution in [0.4, 0.5) is 10.2 Å². The third-order valence-corrected chi connectivity index (χ3v) is 3.76. The van der Waals surface area contributed by atoms with Crippen LogP contribution in [0.25, 0.3) is 0 Å². The van der Waals surface area contributed by atoms with Crippen LogP contribution in [-0.4, -0.2) is 50.9 Å². The maximum atomic E-state index is 14.6. The highest BCUT2D eigenvalue weighted by Crippen LogP contribution is 2.40. The quantitative estimate of drug-likeness (QED) is 0.489. The highest BCUT2D eigenvalue weighted by atomic mass is 19.1. The molecule has 1 fully saturated rings. The number of nitrogens with zero attached hydrogens (tertiary/aromatic N) is 2. The van der Waals surface area contributed by atoms with Gasteiger partial charge in [0.1, 0.15) is 12.2 Å². The van der Waals surface area contributed by atoms with Gasteiger partial charge in [0, 0.05) is 6.20 Å². The molecule has 0 spiro atoms. The number of unbranched alkanes of at least 4 members (excludes halogenated alkanes) is 1. The number of halogens is 1. The summed E-state index contributed by atoms with van der Waals surface area (Å²) in [4.78, 5) is 20.9. The second-order valence-corrected chi connectivity index (χ2v) is 5.61. The molecule has 0 amide bonds. The van der Waals surface area contributed by atoms with Gasteiger partial charge in [-0.1, -0.05) is 13.3 Å². The topological polar surface area (TPSA) is 106 Å². The fourth-order valence-electron chi connectivity index (χ4n) is 2.35. The number of hydrogen-bond acceptors (Lipinski definition) is 7. The zero-order valence-corrected chi connectivity index (χ0v) is 13.1. The average molecular weight is 331 g/mol. The molecule has 130 valence electrons. The minimum absolute atomic E-state index is 0.195. The van der Waals surface area contributed by atoms with Gasteiger partial charge in [0.15, 0.2) is 17.7 Å². The lowest BCUT2D eigenvalue weighted by Gasteiger charge is -2.24. The van der Waals surface area contributed by atoms with E-state index in [1.54, 1.807) is 0 Å². The number of aromatic nitrogens is 2. The van der Waals surface area contributed by atoms with Crippen molar-refractivity contribution in [2.75, 3.05) is 18.7 Å². The van der Waals surface area contributed by atoms with Gasteiger partial charge in [-0.15, -0.1) is 0 Å². The van der Waals surface area contributed by atoms with Crippen molar-refractivity contribution in [3.05, 3.63) is 22.7 Å². The molecule has 1 aromatic heterocycles. The first kappa shape index (κ1) is 17.8. The van der Waals surface area contributed by atoms with E-state index in [1.807, 2.05) is 6.92 Å². The van der Waals surface area contributed by atoms with Gasteiger partial charge < -0.3 is 14.9 Å². The normalized spacial score (nSPS) is 30.6. The lowest BCUT2D eigenvalue weighted by Crippen LogP contribution is -2.42. The molecule has 1 saturated heterocycles. The van der Waals surface area contributed by atoms with Crippen LogP contribution >= 0.6 is 0 Å². The van der Waals surface area contributed by atoms with Gasteiger partial charge >= 0.3 is 5.69 Å². The van der Waals surface area contributed by atoms with Gasteiger partial charge in [-0.05, 0) is 19.4 Å². The van der Waals surface area contributed by atoms with Crippen molar-refractivity contribution >= 4 is 5.82 Å². The van der Waals surface area contributed by atoms with Crippen LogP contribution in [0.2, 0.25) is 0 Å². The molecule has 2 rings (SSSR count). The van der Waals surface area contributed by atoms with E-state index in [-0.39, 0.29) is 5.82 Å². The number of alkyl halides is 1. The van der Waals surface area contributed by atoms with E-state index in [9.17, 15) is 14.3 Å². The molecule has 0 bridgehead atoms. The fourth-order valence-corrected chi connectivity index (χ4v) is 2.35. The van der Waals surface area contributed by atoms with Crippen LogP contribution in [0.5, 0.6) is 0 Å². The van der Waals surface area contributed by atoms with Crippen LogP contribution in [0.3, 0.4) is 0 Å². The number of aliphatic hydroxyl groups is 2. The van der Waals surface area contributed by atoms with Crippen molar-refractivity contribution in [3.63, 3.8) is 0 Å². The van der Waals surface area contributed by atoms with Gasteiger partial charge in [0.25, 0.3) is 0 Å². The van der Waals surface area contributed by atoms with E-state index in [2.05, 4.69) is 10.5 Å². The second-order valence-electron chi connectivity index (χ2n) is 5.61. The predicted octanol–water partition coefficient (Wildman–Crippen LogP) is 0.366. The number of aliphatic hydroxyl groups excluding tert-OH is 2.